The highest BCUT2D eigenvalue weighted by atomic mass is 32.2. The van der Waals surface area contributed by atoms with E-state index in [4.69, 9.17) is 37.3 Å². The number of rotatable bonds is 14. The van der Waals surface area contributed by atoms with Crippen LogP contribution in [0.3, 0.4) is 0 Å². The number of hydrogen-bond donors (Lipinski definition) is 1. The molecule has 1 unspecified atom stereocenters. The van der Waals surface area contributed by atoms with Crippen molar-refractivity contribution in [1.82, 2.24) is 0 Å². The van der Waals surface area contributed by atoms with E-state index in [1.165, 1.54) is 12.1 Å². The van der Waals surface area contributed by atoms with Gasteiger partial charge in [0.25, 0.3) is 10.1 Å². The molecule has 1 aliphatic heterocycles. The van der Waals surface area contributed by atoms with Crippen LogP contribution in [-0.4, -0.2) is 119 Å². The van der Waals surface area contributed by atoms with Gasteiger partial charge in [-0.15, -0.1) is 0 Å². The van der Waals surface area contributed by atoms with Crippen LogP contribution in [0.25, 0.3) is 0 Å². The zero-order valence-corrected chi connectivity index (χ0v) is 22.7. The summed E-state index contributed by atoms with van der Waals surface area (Å²) in [4.78, 5) is 0.0434. The first kappa shape index (κ1) is 32.0. The summed E-state index contributed by atoms with van der Waals surface area (Å²) in [6.07, 6.45) is -1.08. The first-order chi connectivity index (χ1) is 17.8. The van der Waals surface area contributed by atoms with Crippen molar-refractivity contribution in [3.05, 3.63) is 29.8 Å². The maximum Gasteiger partial charge on any atom is 0.297 e. The van der Waals surface area contributed by atoms with Crippen LogP contribution in [0.1, 0.15) is 12.5 Å². The molecule has 1 aromatic rings. The van der Waals surface area contributed by atoms with Crippen LogP contribution >= 0.6 is 0 Å². The number of ether oxygens (including phenoxy) is 7. The summed E-state index contributed by atoms with van der Waals surface area (Å²) < 4.78 is 68.1. The molecule has 2 rings (SSSR count). The van der Waals surface area contributed by atoms with E-state index in [1.54, 1.807) is 12.1 Å². The van der Waals surface area contributed by atoms with Crippen molar-refractivity contribution >= 4 is 10.1 Å². The Morgan fingerprint density at radius 2 is 1.32 bits per heavy atom. The molecule has 1 heterocycles. The zero-order valence-electron chi connectivity index (χ0n) is 21.9. The van der Waals surface area contributed by atoms with Crippen molar-refractivity contribution in [2.24, 2.45) is 5.41 Å². The third-order valence-corrected chi connectivity index (χ3v) is 6.54. The molecule has 0 aliphatic carbocycles. The van der Waals surface area contributed by atoms with Crippen LogP contribution < -0.4 is 0 Å². The average Bonchev–Trinajstić information content (AvgIpc) is 2.89. The lowest BCUT2D eigenvalue weighted by atomic mass is 9.94. The minimum absolute atomic E-state index is 0.0434. The molecule has 0 spiro atoms. The molecule has 0 amide bonds. The van der Waals surface area contributed by atoms with E-state index >= 15 is 0 Å². The van der Waals surface area contributed by atoms with Crippen LogP contribution in [-0.2, 0) is 47.5 Å². The van der Waals surface area contributed by atoms with Crippen LogP contribution in [0.2, 0.25) is 0 Å². The molecule has 0 aromatic heterocycles. The van der Waals surface area contributed by atoms with Crippen LogP contribution in [0, 0.1) is 12.3 Å². The van der Waals surface area contributed by atoms with E-state index in [0.29, 0.717) is 79.3 Å². The van der Waals surface area contributed by atoms with Gasteiger partial charge in [0, 0.05) is 5.41 Å². The predicted octanol–water partition coefficient (Wildman–Crippen LogP) is 1.20. The highest BCUT2D eigenvalue weighted by Crippen LogP contribution is 2.18. The maximum absolute atomic E-state index is 12.1. The molecule has 12 heteroatoms. The maximum atomic E-state index is 12.1. The minimum atomic E-state index is -3.93. The first-order valence-corrected chi connectivity index (χ1v) is 13.9. The van der Waals surface area contributed by atoms with Crippen LogP contribution in [0.15, 0.2) is 29.2 Å². The van der Waals surface area contributed by atoms with Gasteiger partial charge in [0.1, 0.15) is 6.10 Å². The van der Waals surface area contributed by atoms with Crippen molar-refractivity contribution in [2.75, 3.05) is 99.1 Å². The van der Waals surface area contributed by atoms with E-state index in [-0.39, 0.29) is 23.5 Å². The quantitative estimate of drug-likeness (QED) is 0.265. The fourth-order valence-corrected chi connectivity index (χ4v) is 4.13. The molecule has 0 saturated carbocycles. The van der Waals surface area contributed by atoms with E-state index < -0.39 is 22.8 Å². The second-order valence-electron chi connectivity index (χ2n) is 9.09. The molecule has 1 aromatic carbocycles. The second kappa shape index (κ2) is 18.2. The van der Waals surface area contributed by atoms with E-state index in [2.05, 4.69) is 0 Å². The number of aliphatic hydroxyl groups is 1. The summed E-state index contributed by atoms with van der Waals surface area (Å²) in [5.74, 6) is 0. The molecular weight excluding hydrogens is 508 g/mol. The van der Waals surface area contributed by atoms with Crippen LogP contribution in [0.4, 0.5) is 0 Å². The van der Waals surface area contributed by atoms with Crippen molar-refractivity contribution in [3.63, 3.8) is 0 Å². The van der Waals surface area contributed by atoms with Crippen molar-refractivity contribution in [1.29, 1.82) is 0 Å². The standard InChI is InChI=1S/C25H42O11S/c1-22-3-5-24(6-4-22)37(27,28)36-18-23(26)17-32-13-9-31-12-16-35-21-25(2)19-33-14-10-29-7-8-30-11-15-34-20-25/h3-6,23,26H,7-21H2,1-2H3. The Morgan fingerprint density at radius 1 is 0.811 bits per heavy atom. The Kier molecular flexibility index (Phi) is 15.7. The lowest BCUT2D eigenvalue weighted by Gasteiger charge is -2.29. The van der Waals surface area contributed by atoms with E-state index in [9.17, 15) is 13.5 Å². The Labute approximate surface area is 220 Å². The summed E-state index contributed by atoms with van der Waals surface area (Å²) in [5, 5.41) is 9.93. The topological polar surface area (TPSA) is 128 Å². The molecule has 1 N–H and O–H groups in total. The monoisotopic (exact) mass is 550 g/mol. The Morgan fingerprint density at radius 3 is 1.92 bits per heavy atom. The minimum Gasteiger partial charge on any atom is -0.388 e. The molecule has 1 fully saturated rings. The second-order valence-corrected chi connectivity index (χ2v) is 10.7. The van der Waals surface area contributed by atoms with Gasteiger partial charge in [-0.2, -0.15) is 8.42 Å². The Bertz CT molecular complexity index is 802. The van der Waals surface area contributed by atoms with Gasteiger partial charge in [0.2, 0.25) is 0 Å². The van der Waals surface area contributed by atoms with Gasteiger partial charge in [-0.1, -0.05) is 24.6 Å². The van der Waals surface area contributed by atoms with Gasteiger partial charge >= 0.3 is 0 Å². The summed E-state index contributed by atoms with van der Waals surface area (Å²) in [5.41, 5.74) is 0.635. The molecule has 1 saturated heterocycles. The number of hydrogen-bond acceptors (Lipinski definition) is 11. The SMILES string of the molecule is Cc1ccc(S(=O)(=O)OCC(O)COCCOCCOCC2(C)COCCOCCOCCOC2)cc1. The molecule has 214 valence electrons. The molecule has 1 aliphatic rings. The highest BCUT2D eigenvalue weighted by Gasteiger charge is 2.26. The molecule has 0 radical (unpaired) electrons. The highest BCUT2D eigenvalue weighted by molar-refractivity contribution is 7.86. The summed E-state index contributed by atoms with van der Waals surface area (Å²) >= 11 is 0. The summed E-state index contributed by atoms with van der Waals surface area (Å²) in [6, 6.07) is 6.29. The largest absolute Gasteiger partial charge is 0.388 e. The van der Waals surface area contributed by atoms with Gasteiger partial charge in [-0.3, -0.25) is 4.18 Å². The third-order valence-electron chi connectivity index (χ3n) is 5.25. The molecule has 11 nitrogen and oxygen atoms in total. The van der Waals surface area contributed by atoms with E-state index in [0.717, 1.165) is 5.56 Å². The average molecular weight is 551 g/mol. The van der Waals surface area contributed by atoms with Gasteiger partial charge in [-0.05, 0) is 19.1 Å². The lowest BCUT2D eigenvalue weighted by molar-refractivity contribution is -0.0763. The van der Waals surface area contributed by atoms with Gasteiger partial charge < -0.3 is 38.3 Å². The fraction of sp³-hybridized carbons (Fsp3) is 0.760. The van der Waals surface area contributed by atoms with Crippen molar-refractivity contribution in [3.8, 4) is 0 Å². The molecule has 1 atom stereocenters. The third kappa shape index (κ3) is 14.5. The van der Waals surface area contributed by atoms with Gasteiger partial charge in [-0.25, -0.2) is 0 Å². The predicted molar refractivity (Wildman–Crippen MR) is 134 cm³/mol. The van der Waals surface area contributed by atoms with Gasteiger partial charge in [0.15, 0.2) is 0 Å². The van der Waals surface area contributed by atoms with Crippen molar-refractivity contribution in [2.45, 2.75) is 24.8 Å². The van der Waals surface area contributed by atoms with Crippen LogP contribution in [0.5, 0.6) is 0 Å². The number of benzene rings is 1. The number of aliphatic hydroxyl groups excluding tert-OH is 1. The first-order valence-electron chi connectivity index (χ1n) is 12.5. The fourth-order valence-electron chi connectivity index (χ4n) is 3.18. The van der Waals surface area contributed by atoms with Crippen molar-refractivity contribution < 1.29 is 50.9 Å². The zero-order chi connectivity index (χ0) is 26.8. The molecule has 37 heavy (non-hydrogen) atoms. The Hall–Kier alpha value is -1.19. The van der Waals surface area contributed by atoms with Gasteiger partial charge in [0.05, 0.1) is 104 Å². The summed E-state index contributed by atoms with van der Waals surface area (Å²) in [6.45, 7) is 9.33. The lowest BCUT2D eigenvalue weighted by Crippen LogP contribution is -2.35. The smallest absolute Gasteiger partial charge is 0.297 e. The molecule has 0 bridgehead atoms. The number of aryl methyl sites for hydroxylation is 1. The molecular formula is C25H42O11S. The Balaban J connectivity index is 1.51. The normalized spacial score (nSPS) is 18.9. The summed E-state index contributed by atoms with van der Waals surface area (Å²) in [7, 11) is -3.93. The van der Waals surface area contributed by atoms with E-state index in [1.807, 2.05) is 13.8 Å².